The zero-order chi connectivity index (χ0) is 22.0. The Morgan fingerprint density at radius 1 is 1.06 bits per heavy atom. The minimum atomic E-state index is -0.308. The van der Waals surface area contributed by atoms with Gasteiger partial charge in [-0.25, -0.2) is 4.39 Å². The van der Waals surface area contributed by atoms with Gasteiger partial charge < -0.3 is 5.32 Å². The molecule has 1 fully saturated rings. The Balaban J connectivity index is 1.66. The molecule has 2 aromatic rings. The molecule has 0 saturated heterocycles. The zero-order valence-corrected chi connectivity index (χ0v) is 19.0. The molecule has 1 aliphatic heterocycles. The van der Waals surface area contributed by atoms with Crippen molar-refractivity contribution in [2.24, 2.45) is 11.0 Å². The van der Waals surface area contributed by atoms with E-state index in [0.717, 1.165) is 31.2 Å². The molecule has 7 heteroatoms. The summed E-state index contributed by atoms with van der Waals surface area (Å²) in [6, 6.07) is 11.4. The molecule has 0 spiro atoms. The molecule has 4 nitrogen and oxygen atoms in total. The van der Waals surface area contributed by atoms with E-state index < -0.39 is 0 Å². The molecule has 1 amide bonds. The molecule has 2 aromatic carbocycles. The zero-order valence-electron chi connectivity index (χ0n) is 17.5. The Morgan fingerprint density at radius 3 is 2.39 bits per heavy atom. The Hall–Kier alpha value is -2.11. The van der Waals surface area contributed by atoms with Gasteiger partial charge in [-0.05, 0) is 48.7 Å². The second-order valence-corrected chi connectivity index (χ2v) is 9.22. The Labute approximate surface area is 192 Å². The first kappa shape index (κ1) is 22.1. The van der Waals surface area contributed by atoms with Gasteiger partial charge in [-0.15, -0.1) is 0 Å². The number of hydrogen-bond acceptors (Lipinski definition) is 3. The van der Waals surface area contributed by atoms with Gasteiger partial charge in [0.25, 0.3) is 5.91 Å². The number of hydrazone groups is 1. The monoisotopic (exact) mass is 461 g/mol. The smallest absolute Gasteiger partial charge is 0.268 e. The van der Waals surface area contributed by atoms with Gasteiger partial charge >= 0.3 is 0 Å². The molecular weight excluding hydrogens is 436 g/mol. The minimum Gasteiger partial charge on any atom is -0.348 e. The highest BCUT2D eigenvalue weighted by atomic mass is 35.5. The molecule has 1 saturated carbocycles. The molecule has 0 unspecified atom stereocenters. The molecule has 0 radical (unpaired) electrons. The third-order valence-corrected chi connectivity index (χ3v) is 6.71. The molecule has 1 N–H and O–H groups in total. The van der Waals surface area contributed by atoms with Crippen LogP contribution in [0.4, 0.5) is 10.1 Å². The van der Waals surface area contributed by atoms with Crippen molar-refractivity contribution in [1.29, 1.82) is 0 Å². The van der Waals surface area contributed by atoms with Gasteiger partial charge in [0.2, 0.25) is 0 Å². The highest BCUT2D eigenvalue weighted by Gasteiger charge is 2.40. The van der Waals surface area contributed by atoms with Crippen LogP contribution in [0.3, 0.4) is 0 Å². The van der Waals surface area contributed by atoms with Crippen LogP contribution < -0.4 is 10.3 Å². The summed E-state index contributed by atoms with van der Waals surface area (Å²) < 4.78 is 13.6. The number of carbonyl (C=O) groups is 1. The fourth-order valence-electron chi connectivity index (χ4n) is 4.53. The summed E-state index contributed by atoms with van der Waals surface area (Å²) in [4.78, 5) is 13.2. The standard InChI is InChI=1S/C24H26Cl2FN3O/c1-15-22(24(31)28-19-6-4-2-3-5-7-19)29-30(21-13-10-17(25)14-20(21)26)23(15)16-8-11-18(27)12-9-16/h8-15,19,23H,2-7H2,1H3,(H,28,31)/t15-,23-/m0/s1. The van der Waals surface area contributed by atoms with Gasteiger partial charge in [-0.1, -0.05) is 67.9 Å². The maximum atomic E-state index is 13.6. The van der Waals surface area contributed by atoms with Crippen LogP contribution in [-0.4, -0.2) is 17.7 Å². The Bertz CT molecular complexity index is 971. The number of carbonyl (C=O) groups excluding carboxylic acids is 1. The lowest BCUT2D eigenvalue weighted by Crippen LogP contribution is -2.40. The van der Waals surface area contributed by atoms with Crippen LogP contribution in [-0.2, 0) is 4.79 Å². The largest absolute Gasteiger partial charge is 0.348 e. The van der Waals surface area contributed by atoms with Crippen LogP contribution >= 0.6 is 23.2 Å². The van der Waals surface area contributed by atoms with E-state index in [1.165, 1.54) is 25.0 Å². The summed E-state index contributed by atoms with van der Waals surface area (Å²) in [5, 5.41) is 10.6. The number of nitrogens with one attached hydrogen (secondary N) is 1. The lowest BCUT2D eigenvalue weighted by Gasteiger charge is -2.27. The van der Waals surface area contributed by atoms with Gasteiger partial charge in [0.1, 0.15) is 11.5 Å². The number of hydrogen-bond donors (Lipinski definition) is 1. The third-order valence-electron chi connectivity index (χ3n) is 6.17. The van der Waals surface area contributed by atoms with Crippen molar-refractivity contribution in [2.75, 3.05) is 5.01 Å². The molecule has 4 rings (SSSR count). The molecule has 1 heterocycles. The van der Waals surface area contributed by atoms with Crippen molar-refractivity contribution in [3.63, 3.8) is 0 Å². The van der Waals surface area contributed by atoms with Crippen molar-refractivity contribution in [3.05, 3.63) is 63.9 Å². The predicted octanol–water partition coefficient (Wildman–Crippen LogP) is 6.52. The van der Waals surface area contributed by atoms with Crippen molar-refractivity contribution >= 4 is 40.5 Å². The van der Waals surface area contributed by atoms with Crippen molar-refractivity contribution < 1.29 is 9.18 Å². The van der Waals surface area contributed by atoms with E-state index >= 15 is 0 Å². The first-order valence-electron chi connectivity index (χ1n) is 10.8. The number of amides is 1. The number of rotatable bonds is 4. The molecule has 31 heavy (non-hydrogen) atoms. The lowest BCUT2D eigenvalue weighted by molar-refractivity contribution is -0.115. The maximum Gasteiger partial charge on any atom is 0.268 e. The molecule has 164 valence electrons. The summed E-state index contributed by atoms with van der Waals surface area (Å²) in [5.74, 6) is -0.653. The molecule has 1 aliphatic carbocycles. The van der Waals surface area contributed by atoms with Crippen LogP contribution in [0, 0.1) is 11.7 Å². The van der Waals surface area contributed by atoms with Crippen molar-refractivity contribution in [1.82, 2.24) is 5.32 Å². The van der Waals surface area contributed by atoms with E-state index in [4.69, 9.17) is 28.3 Å². The molecule has 0 aromatic heterocycles. The molecular formula is C24H26Cl2FN3O. The highest BCUT2D eigenvalue weighted by molar-refractivity contribution is 6.41. The fourth-order valence-corrected chi connectivity index (χ4v) is 5.02. The van der Waals surface area contributed by atoms with E-state index in [1.807, 2.05) is 6.92 Å². The average molecular weight is 462 g/mol. The maximum absolute atomic E-state index is 13.6. The quantitative estimate of drug-likeness (QED) is 0.526. The number of nitrogens with zero attached hydrogens (tertiary/aromatic N) is 2. The van der Waals surface area contributed by atoms with E-state index in [1.54, 1.807) is 35.3 Å². The highest BCUT2D eigenvalue weighted by Crippen LogP contribution is 2.42. The van der Waals surface area contributed by atoms with Crippen LogP contribution in [0.25, 0.3) is 0 Å². The summed E-state index contributed by atoms with van der Waals surface area (Å²) in [5.41, 5.74) is 1.98. The van der Waals surface area contributed by atoms with E-state index in [0.29, 0.717) is 21.4 Å². The second-order valence-electron chi connectivity index (χ2n) is 8.37. The SMILES string of the molecule is C[C@H]1C(C(=O)NC2CCCCCC2)=NN(c2ccc(Cl)cc2Cl)[C@@H]1c1ccc(F)cc1. The summed E-state index contributed by atoms with van der Waals surface area (Å²) in [6.07, 6.45) is 6.72. The molecule has 2 atom stereocenters. The van der Waals surface area contributed by atoms with Crippen LogP contribution in [0.2, 0.25) is 10.0 Å². The number of halogens is 3. The predicted molar refractivity (Wildman–Crippen MR) is 124 cm³/mol. The summed E-state index contributed by atoms with van der Waals surface area (Å²) >= 11 is 12.6. The van der Waals surface area contributed by atoms with E-state index in [9.17, 15) is 9.18 Å². The summed E-state index contributed by atoms with van der Waals surface area (Å²) in [7, 11) is 0. The second kappa shape index (κ2) is 9.58. The van der Waals surface area contributed by atoms with Crippen LogP contribution in [0.5, 0.6) is 0 Å². The van der Waals surface area contributed by atoms with Crippen LogP contribution in [0.1, 0.15) is 57.1 Å². The molecule has 0 bridgehead atoms. The van der Waals surface area contributed by atoms with Gasteiger partial charge in [0.05, 0.1) is 16.8 Å². The Morgan fingerprint density at radius 2 is 1.74 bits per heavy atom. The van der Waals surface area contributed by atoms with Gasteiger partial charge in [0.15, 0.2) is 0 Å². The Kier molecular flexibility index (Phi) is 6.83. The number of benzene rings is 2. The number of anilines is 1. The third kappa shape index (κ3) is 4.88. The van der Waals surface area contributed by atoms with E-state index in [-0.39, 0.29) is 29.7 Å². The first-order chi connectivity index (χ1) is 14.9. The normalized spacial score (nSPS) is 22.2. The first-order valence-corrected chi connectivity index (χ1v) is 11.6. The van der Waals surface area contributed by atoms with Gasteiger partial charge in [-0.3, -0.25) is 9.80 Å². The minimum absolute atomic E-state index is 0.140. The molecule has 2 aliphatic rings. The fraction of sp³-hybridized carbons (Fsp3) is 0.417. The topological polar surface area (TPSA) is 44.7 Å². The van der Waals surface area contributed by atoms with Gasteiger partial charge in [-0.2, -0.15) is 5.10 Å². The van der Waals surface area contributed by atoms with Crippen molar-refractivity contribution in [2.45, 2.75) is 57.5 Å². The lowest BCUT2D eigenvalue weighted by atomic mass is 9.90. The van der Waals surface area contributed by atoms with Crippen molar-refractivity contribution in [3.8, 4) is 0 Å². The summed E-state index contributed by atoms with van der Waals surface area (Å²) in [6.45, 7) is 1.98. The van der Waals surface area contributed by atoms with Crippen LogP contribution in [0.15, 0.2) is 47.6 Å². The van der Waals surface area contributed by atoms with Gasteiger partial charge in [0, 0.05) is 17.0 Å². The average Bonchev–Trinajstić information content (AvgIpc) is 2.89. The van der Waals surface area contributed by atoms with E-state index in [2.05, 4.69) is 5.32 Å².